The molecular formula is C13H27F3N2. The molecule has 5 heteroatoms. The largest absolute Gasteiger partial charge is 0.401 e. The van der Waals surface area contributed by atoms with Crippen LogP contribution in [0.5, 0.6) is 0 Å². The lowest BCUT2D eigenvalue weighted by Gasteiger charge is -2.38. The molecule has 0 rings (SSSR count). The molecule has 0 aromatic carbocycles. The van der Waals surface area contributed by atoms with Crippen molar-refractivity contribution in [3.63, 3.8) is 0 Å². The van der Waals surface area contributed by atoms with Crippen molar-refractivity contribution in [1.82, 2.24) is 10.2 Å². The lowest BCUT2D eigenvalue weighted by atomic mass is 10.0. The van der Waals surface area contributed by atoms with Crippen LogP contribution in [-0.2, 0) is 0 Å². The van der Waals surface area contributed by atoms with Crippen molar-refractivity contribution in [3.8, 4) is 0 Å². The van der Waals surface area contributed by atoms with Crippen LogP contribution in [0.3, 0.4) is 0 Å². The van der Waals surface area contributed by atoms with Gasteiger partial charge in [0.05, 0.1) is 6.54 Å². The molecule has 0 fully saturated rings. The smallest absolute Gasteiger partial charge is 0.313 e. The summed E-state index contributed by atoms with van der Waals surface area (Å²) in [6.07, 6.45) is -4.14. The van der Waals surface area contributed by atoms with E-state index in [1.54, 1.807) is 4.90 Å². The molecule has 18 heavy (non-hydrogen) atoms. The topological polar surface area (TPSA) is 15.3 Å². The number of nitrogens with one attached hydrogen (secondary N) is 1. The number of alkyl halides is 3. The molecule has 1 N–H and O–H groups in total. The molecule has 0 saturated carbocycles. The van der Waals surface area contributed by atoms with Crippen molar-refractivity contribution in [3.05, 3.63) is 0 Å². The Kier molecular flexibility index (Phi) is 7.22. The highest BCUT2D eigenvalue weighted by molar-refractivity contribution is 4.82. The quantitative estimate of drug-likeness (QED) is 0.762. The molecule has 0 bridgehead atoms. The monoisotopic (exact) mass is 268 g/mol. The summed E-state index contributed by atoms with van der Waals surface area (Å²) in [5.74, 6) is 0.181. The first-order chi connectivity index (χ1) is 8.04. The molecule has 0 aliphatic heterocycles. The molecule has 0 heterocycles. The summed E-state index contributed by atoms with van der Waals surface area (Å²) in [6.45, 7) is 11.3. The molecule has 1 unspecified atom stereocenters. The lowest BCUT2D eigenvalue weighted by molar-refractivity contribution is -0.157. The Bertz CT molecular complexity index is 225. The molecule has 1 atom stereocenters. The zero-order valence-electron chi connectivity index (χ0n) is 12.3. The van der Waals surface area contributed by atoms with Crippen LogP contribution in [-0.4, -0.2) is 42.3 Å². The Hall–Kier alpha value is -0.290. The van der Waals surface area contributed by atoms with Crippen LogP contribution in [0.25, 0.3) is 0 Å². The normalized spacial score (nSPS) is 15.2. The third-order valence-electron chi connectivity index (χ3n) is 2.96. The van der Waals surface area contributed by atoms with Crippen molar-refractivity contribution in [2.45, 2.75) is 65.8 Å². The number of hydrogen-bond acceptors (Lipinski definition) is 2. The average Bonchev–Trinajstić information content (AvgIpc) is 2.13. The van der Waals surface area contributed by atoms with E-state index in [0.717, 1.165) is 0 Å². The van der Waals surface area contributed by atoms with Crippen LogP contribution in [0.4, 0.5) is 13.2 Å². The Balaban J connectivity index is 4.77. The van der Waals surface area contributed by atoms with Crippen LogP contribution >= 0.6 is 0 Å². The van der Waals surface area contributed by atoms with Crippen LogP contribution in [0.2, 0.25) is 0 Å². The van der Waals surface area contributed by atoms with Gasteiger partial charge in [-0.3, -0.25) is 4.90 Å². The minimum Gasteiger partial charge on any atom is -0.313 e. The summed E-state index contributed by atoms with van der Waals surface area (Å²) < 4.78 is 37.9. The van der Waals surface area contributed by atoms with Crippen molar-refractivity contribution in [1.29, 1.82) is 0 Å². The van der Waals surface area contributed by atoms with Gasteiger partial charge in [-0.05, 0) is 19.8 Å². The SMILES string of the molecule is CC(C)NCC(C(C)C)N(CC(F)(F)F)C(C)C. The van der Waals surface area contributed by atoms with E-state index in [1.165, 1.54) is 0 Å². The van der Waals surface area contributed by atoms with Crippen LogP contribution in [0, 0.1) is 5.92 Å². The van der Waals surface area contributed by atoms with E-state index in [1.807, 2.05) is 41.5 Å². The number of nitrogens with zero attached hydrogens (tertiary/aromatic N) is 1. The summed E-state index contributed by atoms with van der Waals surface area (Å²) in [6, 6.07) is 0.0631. The summed E-state index contributed by atoms with van der Waals surface area (Å²) in [5.41, 5.74) is 0. The fourth-order valence-corrected chi connectivity index (χ4v) is 1.98. The zero-order valence-corrected chi connectivity index (χ0v) is 12.3. The number of halogens is 3. The van der Waals surface area contributed by atoms with Gasteiger partial charge in [-0.15, -0.1) is 0 Å². The minimum absolute atomic E-state index is 0.103. The number of hydrogen-bond donors (Lipinski definition) is 1. The van der Waals surface area contributed by atoms with Gasteiger partial charge in [0.1, 0.15) is 0 Å². The highest BCUT2D eigenvalue weighted by atomic mass is 19.4. The van der Waals surface area contributed by atoms with Gasteiger partial charge < -0.3 is 5.32 Å². The van der Waals surface area contributed by atoms with Gasteiger partial charge in [0, 0.05) is 24.7 Å². The molecule has 0 aliphatic carbocycles. The van der Waals surface area contributed by atoms with Gasteiger partial charge in [-0.1, -0.05) is 27.7 Å². The molecule has 110 valence electrons. The Labute approximate surface area is 109 Å². The minimum atomic E-state index is -4.14. The second-order valence-electron chi connectivity index (χ2n) is 5.76. The molecule has 2 nitrogen and oxygen atoms in total. The second kappa shape index (κ2) is 7.34. The molecule has 0 saturated heterocycles. The predicted molar refractivity (Wildman–Crippen MR) is 69.7 cm³/mol. The van der Waals surface area contributed by atoms with Crippen LogP contribution < -0.4 is 5.32 Å². The third kappa shape index (κ3) is 7.21. The van der Waals surface area contributed by atoms with E-state index in [0.29, 0.717) is 6.54 Å². The molecule has 0 aliphatic rings. The van der Waals surface area contributed by atoms with E-state index in [4.69, 9.17) is 0 Å². The highest BCUT2D eigenvalue weighted by Gasteiger charge is 2.35. The maximum atomic E-state index is 12.6. The van der Waals surface area contributed by atoms with Gasteiger partial charge in [0.25, 0.3) is 0 Å². The van der Waals surface area contributed by atoms with Crippen molar-refractivity contribution in [2.24, 2.45) is 5.92 Å². The number of rotatable bonds is 7. The summed E-state index contributed by atoms with van der Waals surface area (Å²) in [4.78, 5) is 1.54. The summed E-state index contributed by atoms with van der Waals surface area (Å²) >= 11 is 0. The fourth-order valence-electron chi connectivity index (χ4n) is 1.98. The van der Waals surface area contributed by atoms with E-state index < -0.39 is 12.7 Å². The van der Waals surface area contributed by atoms with E-state index in [-0.39, 0.29) is 24.0 Å². The summed E-state index contributed by atoms with van der Waals surface area (Å²) in [5, 5.41) is 3.24. The van der Waals surface area contributed by atoms with E-state index in [9.17, 15) is 13.2 Å². The van der Waals surface area contributed by atoms with Crippen molar-refractivity contribution in [2.75, 3.05) is 13.1 Å². The standard InChI is InChI=1S/C13H27F3N2/c1-9(2)12(7-17-10(3)4)18(11(5)6)8-13(14,15)16/h9-12,17H,7-8H2,1-6H3. The highest BCUT2D eigenvalue weighted by Crippen LogP contribution is 2.22. The van der Waals surface area contributed by atoms with Gasteiger partial charge in [0.15, 0.2) is 0 Å². The first kappa shape index (κ1) is 17.7. The third-order valence-corrected chi connectivity index (χ3v) is 2.96. The Morgan fingerprint density at radius 3 is 1.78 bits per heavy atom. The predicted octanol–water partition coefficient (Wildman–Crippen LogP) is 3.28. The van der Waals surface area contributed by atoms with Crippen LogP contribution in [0.15, 0.2) is 0 Å². The van der Waals surface area contributed by atoms with Crippen LogP contribution in [0.1, 0.15) is 41.5 Å². The van der Waals surface area contributed by atoms with Crippen molar-refractivity contribution < 1.29 is 13.2 Å². The Morgan fingerprint density at radius 2 is 1.50 bits per heavy atom. The second-order valence-corrected chi connectivity index (χ2v) is 5.76. The maximum Gasteiger partial charge on any atom is 0.401 e. The average molecular weight is 268 g/mol. The van der Waals surface area contributed by atoms with Gasteiger partial charge >= 0.3 is 6.18 Å². The van der Waals surface area contributed by atoms with Gasteiger partial charge in [-0.2, -0.15) is 13.2 Å². The lowest BCUT2D eigenvalue weighted by Crippen LogP contribution is -2.52. The molecular weight excluding hydrogens is 241 g/mol. The maximum absolute atomic E-state index is 12.6. The first-order valence-corrected chi connectivity index (χ1v) is 6.60. The van der Waals surface area contributed by atoms with Gasteiger partial charge in [0.2, 0.25) is 0 Å². The molecule has 0 spiro atoms. The zero-order chi connectivity index (χ0) is 14.5. The molecule has 0 aromatic rings. The first-order valence-electron chi connectivity index (χ1n) is 6.60. The molecule has 0 aromatic heterocycles. The van der Waals surface area contributed by atoms with E-state index >= 15 is 0 Å². The van der Waals surface area contributed by atoms with Gasteiger partial charge in [-0.25, -0.2) is 0 Å². The molecule has 0 amide bonds. The van der Waals surface area contributed by atoms with E-state index in [2.05, 4.69) is 5.32 Å². The Morgan fingerprint density at radius 1 is 1.00 bits per heavy atom. The summed E-state index contributed by atoms with van der Waals surface area (Å²) in [7, 11) is 0. The molecule has 0 radical (unpaired) electrons. The fraction of sp³-hybridized carbons (Fsp3) is 1.00. The van der Waals surface area contributed by atoms with Crippen molar-refractivity contribution >= 4 is 0 Å².